The maximum Gasteiger partial charge on any atom is 0.328 e. The molecular weight excluding hydrogens is 342 g/mol. The summed E-state index contributed by atoms with van der Waals surface area (Å²) in [6.45, 7) is 4.38. The maximum absolute atomic E-state index is 12.6. The van der Waals surface area contributed by atoms with Gasteiger partial charge in [-0.05, 0) is 48.7 Å². The van der Waals surface area contributed by atoms with E-state index in [9.17, 15) is 9.59 Å². The standard InChI is InChI=1S/C22H25NO4/c1-22(2,15-6-16-27-19-7-4-3-5-8-19)21(26)23-18-12-9-17(10-13-18)11-14-20(24)25/h3-5,7-14H,6,15-16H2,1-2H3,(H,23,26)(H,24,25). The first-order valence-corrected chi connectivity index (χ1v) is 8.87. The first-order chi connectivity index (χ1) is 12.9. The van der Waals surface area contributed by atoms with E-state index in [1.807, 2.05) is 44.2 Å². The van der Waals surface area contributed by atoms with Crippen molar-refractivity contribution in [2.75, 3.05) is 11.9 Å². The van der Waals surface area contributed by atoms with E-state index >= 15 is 0 Å². The molecule has 27 heavy (non-hydrogen) atoms. The number of hydrogen-bond acceptors (Lipinski definition) is 3. The van der Waals surface area contributed by atoms with Crippen LogP contribution in [0.3, 0.4) is 0 Å². The summed E-state index contributed by atoms with van der Waals surface area (Å²) in [4.78, 5) is 23.1. The summed E-state index contributed by atoms with van der Waals surface area (Å²) < 4.78 is 5.67. The van der Waals surface area contributed by atoms with E-state index in [0.29, 0.717) is 18.7 Å². The second kappa shape index (κ2) is 9.57. The van der Waals surface area contributed by atoms with Crippen molar-refractivity contribution in [1.29, 1.82) is 0 Å². The number of benzene rings is 2. The lowest BCUT2D eigenvalue weighted by atomic mass is 9.87. The van der Waals surface area contributed by atoms with Gasteiger partial charge in [-0.15, -0.1) is 0 Å². The number of anilines is 1. The van der Waals surface area contributed by atoms with Gasteiger partial charge >= 0.3 is 5.97 Å². The third kappa shape index (κ3) is 6.98. The van der Waals surface area contributed by atoms with Crippen LogP contribution in [-0.4, -0.2) is 23.6 Å². The molecule has 5 nitrogen and oxygen atoms in total. The quantitative estimate of drug-likeness (QED) is 0.501. The monoisotopic (exact) mass is 367 g/mol. The molecular formula is C22H25NO4. The molecule has 0 bridgehead atoms. The Balaban J connectivity index is 1.81. The highest BCUT2D eigenvalue weighted by Crippen LogP contribution is 2.25. The van der Waals surface area contributed by atoms with Crippen LogP contribution in [0.1, 0.15) is 32.3 Å². The normalized spacial score (nSPS) is 11.3. The van der Waals surface area contributed by atoms with Crippen LogP contribution in [0.15, 0.2) is 60.7 Å². The van der Waals surface area contributed by atoms with Crippen molar-refractivity contribution in [3.63, 3.8) is 0 Å². The van der Waals surface area contributed by atoms with Gasteiger partial charge in [0.05, 0.1) is 6.61 Å². The van der Waals surface area contributed by atoms with E-state index in [2.05, 4.69) is 5.32 Å². The van der Waals surface area contributed by atoms with Crippen LogP contribution in [0.5, 0.6) is 5.75 Å². The summed E-state index contributed by atoms with van der Waals surface area (Å²) in [6, 6.07) is 16.6. The van der Waals surface area contributed by atoms with Gasteiger partial charge in [0.2, 0.25) is 5.91 Å². The second-order valence-corrected chi connectivity index (χ2v) is 6.90. The number of hydrogen-bond donors (Lipinski definition) is 2. The van der Waals surface area contributed by atoms with E-state index in [-0.39, 0.29) is 5.91 Å². The molecule has 0 aliphatic rings. The van der Waals surface area contributed by atoms with Gasteiger partial charge in [-0.2, -0.15) is 0 Å². The first-order valence-electron chi connectivity index (χ1n) is 8.87. The van der Waals surface area contributed by atoms with Gasteiger partial charge < -0.3 is 15.2 Å². The van der Waals surface area contributed by atoms with E-state index < -0.39 is 11.4 Å². The fourth-order valence-electron chi connectivity index (χ4n) is 2.48. The van der Waals surface area contributed by atoms with E-state index in [0.717, 1.165) is 23.8 Å². The molecule has 2 rings (SSSR count). The summed E-state index contributed by atoms with van der Waals surface area (Å²) in [5, 5.41) is 11.6. The molecule has 1 amide bonds. The predicted molar refractivity (Wildman–Crippen MR) is 107 cm³/mol. The van der Waals surface area contributed by atoms with Gasteiger partial charge in [0.25, 0.3) is 0 Å². The zero-order chi connectivity index (χ0) is 19.7. The molecule has 142 valence electrons. The highest BCUT2D eigenvalue weighted by Gasteiger charge is 2.27. The molecule has 0 aliphatic heterocycles. The summed E-state index contributed by atoms with van der Waals surface area (Å²) in [6.07, 6.45) is 4.05. The van der Waals surface area contributed by atoms with Crippen molar-refractivity contribution in [2.24, 2.45) is 5.41 Å². The molecule has 0 radical (unpaired) electrons. The van der Waals surface area contributed by atoms with Crippen LogP contribution in [0, 0.1) is 5.41 Å². The third-order valence-corrected chi connectivity index (χ3v) is 4.16. The predicted octanol–water partition coefficient (Wildman–Crippen LogP) is 4.61. The Hall–Kier alpha value is -3.08. The van der Waals surface area contributed by atoms with Crippen LogP contribution in [0.25, 0.3) is 6.08 Å². The molecule has 0 heterocycles. The van der Waals surface area contributed by atoms with Crippen LogP contribution in [-0.2, 0) is 9.59 Å². The molecule has 2 aromatic carbocycles. The van der Waals surface area contributed by atoms with E-state index in [1.54, 1.807) is 24.3 Å². The first kappa shape index (κ1) is 20.2. The number of aliphatic carboxylic acids is 1. The average Bonchev–Trinajstić information content (AvgIpc) is 2.65. The number of amides is 1. The minimum absolute atomic E-state index is 0.0592. The summed E-state index contributed by atoms with van der Waals surface area (Å²) in [5.41, 5.74) is 0.913. The molecule has 0 aliphatic carbocycles. The zero-order valence-corrected chi connectivity index (χ0v) is 15.6. The summed E-state index contributed by atoms with van der Waals surface area (Å²) in [5.74, 6) is -0.224. The average molecular weight is 367 g/mol. The summed E-state index contributed by atoms with van der Waals surface area (Å²) >= 11 is 0. The smallest absolute Gasteiger partial charge is 0.328 e. The molecule has 5 heteroatoms. The van der Waals surface area contributed by atoms with Gasteiger partial charge in [-0.25, -0.2) is 4.79 Å². The number of carboxylic acid groups (broad SMARTS) is 1. The van der Waals surface area contributed by atoms with Crippen molar-refractivity contribution in [2.45, 2.75) is 26.7 Å². The zero-order valence-electron chi connectivity index (χ0n) is 15.6. The lowest BCUT2D eigenvalue weighted by Crippen LogP contribution is -2.31. The Morgan fingerprint density at radius 1 is 1.07 bits per heavy atom. The largest absolute Gasteiger partial charge is 0.494 e. The Bertz CT molecular complexity index is 780. The summed E-state index contributed by atoms with van der Waals surface area (Å²) in [7, 11) is 0. The molecule has 0 aromatic heterocycles. The van der Waals surface area contributed by atoms with Gasteiger partial charge in [0.15, 0.2) is 0 Å². The molecule has 0 spiro atoms. The molecule has 2 aromatic rings. The van der Waals surface area contributed by atoms with Gasteiger partial charge in [-0.1, -0.05) is 44.2 Å². The van der Waals surface area contributed by atoms with E-state index in [1.165, 1.54) is 6.08 Å². The number of carbonyl (C=O) groups excluding carboxylic acids is 1. The fourth-order valence-corrected chi connectivity index (χ4v) is 2.48. The molecule has 0 atom stereocenters. The number of rotatable bonds is 9. The lowest BCUT2D eigenvalue weighted by Gasteiger charge is -2.23. The molecule has 0 unspecified atom stereocenters. The van der Waals surface area contributed by atoms with Gasteiger partial charge in [-0.3, -0.25) is 4.79 Å². The van der Waals surface area contributed by atoms with Crippen LogP contribution < -0.4 is 10.1 Å². The minimum Gasteiger partial charge on any atom is -0.494 e. The maximum atomic E-state index is 12.6. The minimum atomic E-state index is -0.995. The molecule has 0 saturated heterocycles. The highest BCUT2D eigenvalue weighted by molar-refractivity contribution is 5.95. The van der Waals surface area contributed by atoms with Gasteiger partial charge in [0, 0.05) is 17.2 Å². The van der Waals surface area contributed by atoms with Crippen molar-refractivity contribution >= 4 is 23.6 Å². The fraction of sp³-hybridized carbons (Fsp3) is 0.273. The second-order valence-electron chi connectivity index (χ2n) is 6.90. The Kier molecular flexibility index (Phi) is 7.17. The SMILES string of the molecule is CC(C)(CCCOc1ccccc1)C(=O)Nc1ccc(C=CC(=O)O)cc1. The van der Waals surface area contributed by atoms with Crippen LogP contribution >= 0.6 is 0 Å². The third-order valence-electron chi connectivity index (χ3n) is 4.16. The van der Waals surface area contributed by atoms with Crippen molar-refractivity contribution in [1.82, 2.24) is 0 Å². The number of nitrogens with one attached hydrogen (secondary N) is 1. The lowest BCUT2D eigenvalue weighted by molar-refractivity contribution is -0.131. The number of para-hydroxylation sites is 1. The van der Waals surface area contributed by atoms with Gasteiger partial charge in [0.1, 0.15) is 5.75 Å². The number of ether oxygens (including phenoxy) is 1. The van der Waals surface area contributed by atoms with Crippen molar-refractivity contribution in [3.8, 4) is 5.75 Å². The highest BCUT2D eigenvalue weighted by atomic mass is 16.5. The number of carboxylic acids is 1. The molecule has 0 saturated carbocycles. The topological polar surface area (TPSA) is 75.6 Å². The Morgan fingerprint density at radius 3 is 2.37 bits per heavy atom. The number of carbonyl (C=O) groups is 2. The Labute approximate surface area is 159 Å². The Morgan fingerprint density at radius 2 is 1.74 bits per heavy atom. The molecule has 0 fully saturated rings. The van der Waals surface area contributed by atoms with Crippen LogP contribution in [0.4, 0.5) is 5.69 Å². The van der Waals surface area contributed by atoms with Crippen molar-refractivity contribution in [3.05, 3.63) is 66.2 Å². The molecule has 2 N–H and O–H groups in total. The van der Waals surface area contributed by atoms with Crippen molar-refractivity contribution < 1.29 is 19.4 Å². The van der Waals surface area contributed by atoms with Crippen LogP contribution in [0.2, 0.25) is 0 Å². The van der Waals surface area contributed by atoms with E-state index in [4.69, 9.17) is 9.84 Å².